The lowest BCUT2D eigenvalue weighted by atomic mass is 9.96. The molecule has 37 heavy (non-hydrogen) atoms. The van der Waals surface area contributed by atoms with Gasteiger partial charge in [0.15, 0.2) is 6.04 Å². The minimum absolute atomic E-state index is 0.0491. The maximum absolute atomic E-state index is 13.1. The van der Waals surface area contributed by atoms with Gasteiger partial charge in [0.1, 0.15) is 17.8 Å². The van der Waals surface area contributed by atoms with Gasteiger partial charge in [0.25, 0.3) is 0 Å². The molecule has 1 aromatic rings. The molecule has 1 aromatic carbocycles. The number of carbonyl (C=O) groups is 5. The van der Waals surface area contributed by atoms with Crippen molar-refractivity contribution in [1.82, 2.24) is 16.0 Å². The minimum Gasteiger partial charge on any atom is -0.508 e. The van der Waals surface area contributed by atoms with Crippen LogP contribution >= 0.6 is 0 Å². The lowest BCUT2D eigenvalue weighted by molar-refractivity contribution is -0.145. The second-order valence-electron chi connectivity index (χ2n) is 8.98. The van der Waals surface area contributed by atoms with Crippen molar-refractivity contribution in [2.24, 2.45) is 17.4 Å². The number of benzene rings is 1. The Hall–Kier alpha value is -3.71. The summed E-state index contributed by atoms with van der Waals surface area (Å²) in [6, 6.07) is 0.933. The molecule has 0 spiro atoms. The quantitative estimate of drug-likeness (QED) is 0.133. The molecular weight excluding hydrogens is 486 g/mol. The number of phenols is 1. The van der Waals surface area contributed by atoms with Crippen LogP contribution in [0.4, 0.5) is 0 Å². The maximum atomic E-state index is 13.1. The van der Waals surface area contributed by atoms with Crippen molar-refractivity contribution >= 4 is 29.6 Å². The summed E-state index contributed by atoms with van der Waals surface area (Å²) in [7, 11) is 0. The number of hydrogen-bond acceptors (Lipinski definition) is 8. The lowest BCUT2D eigenvalue weighted by Crippen LogP contribution is -2.60. The molecule has 0 aromatic heterocycles. The zero-order chi connectivity index (χ0) is 28.3. The zero-order valence-corrected chi connectivity index (χ0v) is 21.1. The van der Waals surface area contributed by atoms with Crippen molar-refractivity contribution in [3.63, 3.8) is 0 Å². The van der Waals surface area contributed by atoms with E-state index in [9.17, 15) is 39.3 Å². The predicted molar refractivity (Wildman–Crippen MR) is 133 cm³/mol. The van der Waals surface area contributed by atoms with Crippen LogP contribution in [0.1, 0.15) is 45.6 Å². The number of aliphatic carboxylic acids is 1. The number of carbonyl (C=O) groups excluding carboxylic acids is 4. The molecule has 6 atom stereocenters. The summed E-state index contributed by atoms with van der Waals surface area (Å²) in [5, 5.41) is 35.5. The van der Waals surface area contributed by atoms with Gasteiger partial charge in [-0.2, -0.15) is 0 Å². The second-order valence-corrected chi connectivity index (χ2v) is 8.98. The zero-order valence-electron chi connectivity index (χ0n) is 21.1. The monoisotopic (exact) mass is 523 g/mol. The third-order valence-corrected chi connectivity index (χ3v) is 5.88. The number of carboxylic acid groups (broad SMARTS) is 1. The highest BCUT2D eigenvalue weighted by Crippen LogP contribution is 2.12. The number of primary amides is 1. The summed E-state index contributed by atoms with van der Waals surface area (Å²) in [6.45, 7) is 4.62. The summed E-state index contributed by atoms with van der Waals surface area (Å²) >= 11 is 0. The van der Waals surface area contributed by atoms with E-state index >= 15 is 0 Å². The third-order valence-electron chi connectivity index (χ3n) is 5.88. The summed E-state index contributed by atoms with van der Waals surface area (Å²) < 4.78 is 0. The topological polar surface area (TPSA) is 234 Å². The molecule has 0 saturated carbocycles. The van der Waals surface area contributed by atoms with Gasteiger partial charge in [-0.1, -0.05) is 32.4 Å². The Morgan fingerprint density at radius 1 is 0.919 bits per heavy atom. The fraction of sp³-hybridized carbons (Fsp3) is 0.542. The summed E-state index contributed by atoms with van der Waals surface area (Å²) in [6.07, 6.45) is -1.27. The highest BCUT2D eigenvalue weighted by molar-refractivity contribution is 5.94. The van der Waals surface area contributed by atoms with Gasteiger partial charge in [-0.05, 0) is 43.4 Å². The summed E-state index contributed by atoms with van der Waals surface area (Å²) in [5.74, 6) is -4.88. The highest BCUT2D eigenvalue weighted by atomic mass is 16.4. The number of carboxylic acids is 1. The molecule has 10 N–H and O–H groups in total. The van der Waals surface area contributed by atoms with E-state index in [0.717, 1.165) is 0 Å². The molecule has 0 saturated heterocycles. The second kappa shape index (κ2) is 14.8. The van der Waals surface area contributed by atoms with Crippen LogP contribution in [0, 0.1) is 5.92 Å². The van der Waals surface area contributed by atoms with Crippen LogP contribution in [0.5, 0.6) is 5.75 Å². The number of amides is 4. The molecule has 0 aliphatic rings. The fourth-order valence-corrected chi connectivity index (χ4v) is 3.40. The van der Waals surface area contributed by atoms with Crippen LogP contribution in [-0.4, -0.2) is 75.2 Å². The van der Waals surface area contributed by atoms with Crippen LogP contribution in [0.25, 0.3) is 0 Å². The molecule has 0 fully saturated rings. The first-order valence-corrected chi connectivity index (χ1v) is 11.9. The molecule has 1 rings (SSSR count). The number of aliphatic hydroxyl groups excluding tert-OH is 1. The number of phenolic OH excluding ortho intramolecular Hbond substituents is 1. The number of hydrogen-bond donors (Lipinski definition) is 8. The minimum atomic E-state index is -1.60. The van der Waals surface area contributed by atoms with E-state index in [1.54, 1.807) is 26.0 Å². The molecule has 6 unspecified atom stereocenters. The Morgan fingerprint density at radius 2 is 1.49 bits per heavy atom. The average molecular weight is 524 g/mol. The highest BCUT2D eigenvalue weighted by Gasteiger charge is 2.34. The first kappa shape index (κ1) is 31.3. The van der Waals surface area contributed by atoms with E-state index in [4.69, 9.17) is 11.5 Å². The molecule has 0 bridgehead atoms. The average Bonchev–Trinajstić information content (AvgIpc) is 2.83. The van der Waals surface area contributed by atoms with Crippen LogP contribution in [0.15, 0.2) is 24.3 Å². The van der Waals surface area contributed by atoms with Gasteiger partial charge in [0.2, 0.25) is 23.6 Å². The number of nitrogens with two attached hydrogens (primary N) is 2. The maximum Gasteiger partial charge on any atom is 0.328 e. The van der Waals surface area contributed by atoms with Crippen molar-refractivity contribution in [2.45, 2.75) is 76.7 Å². The lowest BCUT2D eigenvalue weighted by Gasteiger charge is -2.28. The number of rotatable bonds is 15. The number of aliphatic hydroxyl groups is 1. The smallest absolute Gasteiger partial charge is 0.328 e. The summed E-state index contributed by atoms with van der Waals surface area (Å²) in [4.78, 5) is 61.4. The van der Waals surface area contributed by atoms with Crippen LogP contribution < -0.4 is 27.4 Å². The van der Waals surface area contributed by atoms with Gasteiger partial charge in [0, 0.05) is 6.42 Å². The molecule has 0 aliphatic heterocycles. The normalized spacial score (nSPS) is 15.8. The number of nitrogens with one attached hydrogen (secondary N) is 3. The molecule has 13 nitrogen and oxygen atoms in total. The van der Waals surface area contributed by atoms with E-state index < -0.39 is 65.8 Å². The van der Waals surface area contributed by atoms with Gasteiger partial charge in [-0.3, -0.25) is 19.2 Å². The van der Waals surface area contributed by atoms with E-state index in [1.807, 2.05) is 0 Å². The predicted octanol–water partition coefficient (Wildman–Crippen LogP) is -1.51. The van der Waals surface area contributed by atoms with Gasteiger partial charge >= 0.3 is 5.97 Å². The molecule has 0 radical (unpaired) electrons. The van der Waals surface area contributed by atoms with Crippen LogP contribution in [-0.2, 0) is 30.4 Å². The molecular formula is C24H37N5O8. The fourth-order valence-electron chi connectivity index (χ4n) is 3.40. The largest absolute Gasteiger partial charge is 0.508 e. The third kappa shape index (κ3) is 10.4. The first-order valence-electron chi connectivity index (χ1n) is 11.9. The Kier molecular flexibility index (Phi) is 12.5. The van der Waals surface area contributed by atoms with Gasteiger partial charge < -0.3 is 42.7 Å². The Labute approximate surface area is 215 Å². The molecule has 13 heteroatoms. The molecule has 0 aliphatic carbocycles. The van der Waals surface area contributed by atoms with Gasteiger partial charge in [0.05, 0.1) is 12.1 Å². The Morgan fingerprint density at radius 3 is 1.97 bits per heavy atom. The van der Waals surface area contributed by atoms with Crippen molar-refractivity contribution < 1.29 is 39.3 Å². The van der Waals surface area contributed by atoms with Crippen LogP contribution in [0.2, 0.25) is 0 Å². The first-order chi connectivity index (χ1) is 17.3. The van der Waals surface area contributed by atoms with Crippen LogP contribution in [0.3, 0.4) is 0 Å². The molecule has 0 heterocycles. The Balaban J connectivity index is 3.03. The van der Waals surface area contributed by atoms with Gasteiger partial charge in [-0.15, -0.1) is 0 Å². The van der Waals surface area contributed by atoms with E-state index in [-0.39, 0.29) is 25.0 Å². The Bertz CT molecular complexity index is 953. The van der Waals surface area contributed by atoms with E-state index in [2.05, 4.69) is 16.0 Å². The van der Waals surface area contributed by atoms with Crippen molar-refractivity contribution in [2.75, 3.05) is 0 Å². The SMILES string of the molecule is CCC(C)C(NC(=O)C(CCC(N)=O)NC(=O)C(N)Cc1ccc(O)cc1)C(=O)NC(C(=O)O)C(C)O. The summed E-state index contributed by atoms with van der Waals surface area (Å²) in [5.41, 5.74) is 11.9. The standard InChI is InChI=1S/C24H37N5O8/c1-4-12(2)19(23(35)29-20(13(3)30)24(36)37)28-22(34)17(9-10-18(26)32)27-21(33)16(25)11-14-5-7-15(31)8-6-14/h5-8,12-13,16-17,19-20,30-31H,4,9-11,25H2,1-3H3,(H2,26,32)(H,27,33)(H,28,34)(H,29,35)(H,36,37). The van der Waals surface area contributed by atoms with E-state index in [1.165, 1.54) is 19.1 Å². The van der Waals surface area contributed by atoms with Gasteiger partial charge in [-0.25, -0.2) is 4.79 Å². The number of aromatic hydroxyl groups is 1. The van der Waals surface area contributed by atoms with Crippen molar-refractivity contribution in [3.8, 4) is 5.75 Å². The van der Waals surface area contributed by atoms with Crippen molar-refractivity contribution in [3.05, 3.63) is 29.8 Å². The van der Waals surface area contributed by atoms with E-state index in [0.29, 0.717) is 12.0 Å². The molecule has 4 amide bonds. The van der Waals surface area contributed by atoms with Crippen molar-refractivity contribution in [1.29, 1.82) is 0 Å². The molecule has 206 valence electrons.